The molecule has 3 saturated carbocycles. The number of allylic oxidation sites excluding steroid dienone is 1. The summed E-state index contributed by atoms with van der Waals surface area (Å²) in [4.78, 5) is 16.3. The summed E-state index contributed by atoms with van der Waals surface area (Å²) >= 11 is 3.54. The van der Waals surface area contributed by atoms with Gasteiger partial charge >= 0.3 is 5.97 Å². The zero-order valence-corrected chi connectivity index (χ0v) is 23.6. The number of ether oxygens (including phenoxy) is 2. The summed E-state index contributed by atoms with van der Waals surface area (Å²) in [6.45, 7) is 7.54. The van der Waals surface area contributed by atoms with Crippen molar-refractivity contribution in [1.29, 1.82) is 0 Å². The Hall–Kier alpha value is -1.62. The number of carbonyl (C=O) groups excluding carboxylic acids is 1. The minimum Gasteiger partial charge on any atom is -0.474 e. The number of hydrogen-bond acceptors (Lipinski definition) is 4. The second kappa shape index (κ2) is 9.29. The summed E-state index contributed by atoms with van der Waals surface area (Å²) < 4.78 is 13.4. The Balaban J connectivity index is 1.19. The minimum absolute atomic E-state index is 0.0770. The lowest BCUT2D eigenvalue weighted by Gasteiger charge is -2.58. The van der Waals surface area contributed by atoms with E-state index in [2.05, 4.69) is 60.1 Å². The molecule has 0 amide bonds. The SMILES string of the molecule is CC(=O)O[C@H]1CC[C@@]2(C)C(=CC[C@H]3[C@@H]4CC[C@H]([C@H]5CCN=C(c6ccc(Br)cc6)O5)[C@@]4(C)CC[C@@H]32)C1. The molecule has 5 heteroatoms. The molecule has 4 aliphatic carbocycles. The van der Waals surface area contributed by atoms with Crippen LogP contribution in [-0.4, -0.2) is 30.6 Å². The second-order valence-electron chi connectivity index (χ2n) is 12.6. The topological polar surface area (TPSA) is 47.9 Å². The molecule has 6 rings (SSSR count). The van der Waals surface area contributed by atoms with Gasteiger partial charge in [-0.25, -0.2) is 0 Å². The molecule has 0 radical (unpaired) electrons. The first-order chi connectivity index (χ1) is 17.3. The Morgan fingerprint density at radius 2 is 1.81 bits per heavy atom. The highest BCUT2D eigenvalue weighted by molar-refractivity contribution is 9.10. The molecule has 0 N–H and O–H groups in total. The first-order valence-corrected chi connectivity index (χ1v) is 14.9. The van der Waals surface area contributed by atoms with Crippen LogP contribution in [0, 0.1) is 34.5 Å². The van der Waals surface area contributed by atoms with Gasteiger partial charge in [-0.1, -0.05) is 41.4 Å². The van der Waals surface area contributed by atoms with Crippen LogP contribution < -0.4 is 0 Å². The summed E-state index contributed by atoms with van der Waals surface area (Å²) in [5.41, 5.74) is 3.30. The second-order valence-corrected chi connectivity index (χ2v) is 13.5. The average Bonchev–Trinajstić information content (AvgIpc) is 3.22. The first-order valence-electron chi connectivity index (χ1n) is 14.1. The number of carbonyl (C=O) groups is 1. The van der Waals surface area contributed by atoms with Crippen molar-refractivity contribution >= 4 is 27.8 Å². The van der Waals surface area contributed by atoms with Crippen molar-refractivity contribution in [2.45, 2.75) is 90.8 Å². The largest absolute Gasteiger partial charge is 0.474 e. The lowest BCUT2D eigenvalue weighted by Crippen LogP contribution is -2.52. The van der Waals surface area contributed by atoms with E-state index in [1.54, 1.807) is 12.5 Å². The van der Waals surface area contributed by atoms with E-state index < -0.39 is 0 Å². The molecule has 0 aromatic heterocycles. The molecular weight excluding hydrogens is 514 g/mol. The Morgan fingerprint density at radius 1 is 1.03 bits per heavy atom. The standard InChI is InChI=1S/C31H40BrNO3/c1-19(34)35-23-12-15-30(2)21(18-23)6-9-24-25-10-11-27(31(25,3)16-13-26(24)30)28-14-17-33-29(36-28)20-4-7-22(32)8-5-20/h4-8,23-28H,9-18H2,1-3H3/t23-,24-,25-,26-,27+,28+,30-,31-/m0/s1. The molecular formula is C31H40BrNO3. The molecule has 1 aromatic rings. The van der Waals surface area contributed by atoms with Gasteiger partial charge in [0.05, 0.1) is 0 Å². The quantitative estimate of drug-likeness (QED) is 0.287. The van der Waals surface area contributed by atoms with E-state index in [-0.39, 0.29) is 23.6 Å². The summed E-state index contributed by atoms with van der Waals surface area (Å²) in [5, 5.41) is 0. The van der Waals surface area contributed by atoms with E-state index in [0.29, 0.717) is 11.3 Å². The normalized spacial score (nSPS) is 41.7. The number of rotatable bonds is 3. The molecule has 0 spiro atoms. The number of esters is 1. The molecule has 0 saturated heterocycles. The van der Waals surface area contributed by atoms with Crippen LogP contribution >= 0.6 is 15.9 Å². The van der Waals surface area contributed by atoms with E-state index in [0.717, 1.165) is 65.9 Å². The monoisotopic (exact) mass is 553 g/mol. The molecule has 1 aliphatic heterocycles. The molecule has 1 aromatic carbocycles. The number of aliphatic imine (C=N–C) groups is 1. The number of fused-ring (bicyclic) bond motifs is 5. The highest BCUT2D eigenvalue weighted by Gasteiger charge is 2.60. The van der Waals surface area contributed by atoms with E-state index in [4.69, 9.17) is 14.5 Å². The third kappa shape index (κ3) is 4.08. The fourth-order valence-electron chi connectivity index (χ4n) is 9.18. The van der Waals surface area contributed by atoms with Crippen LogP contribution in [0.2, 0.25) is 0 Å². The van der Waals surface area contributed by atoms with Gasteiger partial charge in [0.15, 0.2) is 0 Å². The van der Waals surface area contributed by atoms with Gasteiger partial charge in [0.2, 0.25) is 5.90 Å². The smallest absolute Gasteiger partial charge is 0.302 e. The van der Waals surface area contributed by atoms with Crippen molar-refractivity contribution < 1.29 is 14.3 Å². The van der Waals surface area contributed by atoms with Gasteiger partial charge in [0.1, 0.15) is 12.2 Å². The predicted molar refractivity (Wildman–Crippen MR) is 146 cm³/mol. The van der Waals surface area contributed by atoms with Crippen molar-refractivity contribution in [3.63, 3.8) is 0 Å². The van der Waals surface area contributed by atoms with Crippen LogP contribution in [-0.2, 0) is 14.3 Å². The van der Waals surface area contributed by atoms with Gasteiger partial charge in [0, 0.05) is 42.3 Å². The van der Waals surface area contributed by atoms with Crippen LogP contribution in [0.15, 0.2) is 45.4 Å². The van der Waals surface area contributed by atoms with Crippen LogP contribution in [0.4, 0.5) is 0 Å². The van der Waals surface area contributed by atoms with Gasteiger partial charge in [-0.05, 0) is 97.8 Å². The van der Waals surface area contributed by atoms with E-state index in [1.165, 1.54) is 32.1 Å². The minimum atomic E-state index is -0.137. The molecule has 194 valence electrons. The zero-order chi connectivity index (χ0) is 25.1. The molecule has 5 aliphatic rings. The molecule has 4 nitrogen and oxygen atoms in total. The summed E-state index contributed by atoms with van der Waals surface area (Å²) in [6, 6.07) is 8.37. The van der Waals surface area contributed by atoms with E-state index >= 15 is 0 Å². The maximum atomic E-state index is 11.6. The zero-order valence-electron chi connectivity index (χ0n) is 22.0. The molecule has 36 heavy (non-hydrogen) atoms. The third-order valence-electron chi connectivity index (χ3n) is 10.9. The maximum Gasteiger partial charge on any atom is 0.302 e. The molecule has 3 fully saturated rings. The van der Waals surface area contributed by atoms with Gasteiger partial charge in [-0.15, -0.1) is 0 Å². The van der Waals surface area contributed by atoms with Gasteiger partial charge in [-0.3, -0.25) is 9.79 Å². The Kier molecular flexibility index (Phi) is 6.37. The Labute approximate surface area is 224 Å². The number of hydrogen-bond donors (Lipinski definition) is 0. The predicted octanol–water partition coefficient (Wildman–Crippen LogP) is 7.50. The van der Waals surface area contributed by atoms with Crippen LogP contribution in [0.5, 0.6) is 0 Å². The van der Waals surface area contributed by atoms with Crippen molar-refractivity contribution in [2.75, 3.05) is 6.54 Å². The Morgan fingerprint density at radius 3 is 2.58 bits per heavy atom. The fourth-order valence-corrected chi connectivity index (χ4v) is 9.45. The molecule has 0 bridgehead atoms. The fraction of sp³-hybridized carbons (Fsp3) is 0.677. The summed E-state index contributed by atoms with van der Waals surface area (Å²) in [5.74, 6) is 3.63. The van der Waals surface area contributed by atoms with Crippen molar-refractivity contribution in [2.24, 2.45) is 39.5 Å². The van der Waals surface area contributed by atoms with Gasteiger partial charge < -0.3 is 9.47 Å². The Bertz CT molecular complexity index is 1080. The molecule has 0 unspecified atom stereocenters. The molecule has 8 atom stereocenters. The number of halogens is 1. The van der Waals surface area contributed by atoms with Crippen LogP contribution in [0.25, 0.3) is 0 Å². The molecule has 1 heterocycles. The third-order valence-corrected chi connectivity index (χ3v) is 11.5. The van der Waals surface area contributed by atoms with Crippen molar-refractivity contribution in [3.05, 3.63) is 46.0 Å². The van der Waals surface area contributed by atoms with Gasteiger partial charge in [-0.2, -0.15) is 0 Å². The first kappa shape index (κ1) is 24.7. The number of benzene rings is 1. The van der Waals surface area contributed by atoms with E-state index in [1.807, 2.05) is 0 Å². The highest BCUT2D eigenvalue weighted by atomic mass is 79.9. The van der Waals surface area contributed by atoms with Crippen LogP contribution in [0.1, 0.15) is 84.1 Å². The number of nitrogens with zero attached hydrogens (tertiary/aromatic N) is 1. The van der Waals surface area contributed by atoms with E-state index in [9.17, 15) is 4.79 Å². The van der Waals surface area contributed by atoms with Gasteiger partial charge in [0.25, 0.3) is 0 Å². The maximum absolute atomic E-state index is 11.6. The van der Waals surface area contributed by atoms with Crippen LogP contribution in [0.3, 0.4) is 0 Å². The van der Waals surface area contributed by atoms with Crippen molar-refractivity contribution in [1.82, 2.24) is 0 Å². The lowest BCUT2D eigenvalue weighted by molar-refractivity contribution is -0.148. The summed E-state index contributed by atoms with van der Waals surface area (Å²) in [7, 11) is 0. The van der Waals surface area contributed by atoms with Crippen molar-refractivity contribution in [3.8, 4) is 0 Å². The lowest BCUT2D eigenvalue weighted by atomic mass is 9.47. The highest BCUT2D eigenvalue weighted by Crippen LogP contribution is 2.67. The average molecular weight is 555 g/mol. The summed E-state index contributed by atoms with van der Waals surface area (Å²) in [6.07, 6.45) is 13.5.